The van der Waals surface area contributed by atoms with E-state index in [1.165, 1.54) is 11.7 Å². The number of methoxy groups -OCH3 is 1. The van der Waals surface area contributed by atoms with E-state index in [0.29, 0.717) is 33.5 Å². The Labute approximate surface area is 223 Å². The Hall–Kier alpha value is -3.29. The molecule has 0 aliphatic rings. The Morgan fingerprint density at radius 1 is 1.14 bits per heavy atom. The van der Waals surface area contributed by atoms with Crippen LogP contribution >= 0.6 is 24.4 Å². The molecule has 0 fully saturated rings. The third-order valence-electron chi connectivity index (χ3n) is 4.52. The minimum atomic E-state index is -0.210. The number of halogens is 1. The van der Waals surface area contributed by atoms with E-state index >= 15 is 0 Å². The first-order valence-corrected chi connectivity index (χ1v) is 13.1. The molecular weight excluding hydrogens is 541 g/mol. The van der Waals surface area contributed by atoms with Gasteiger partial charge in [-0.1, -0.05) is 43.6 Å². The van der Waals surface area contributed by atoms with Crippen molar-refractivity contribution in [2.45, 2.75) is 34.1 Å². The van der Waals surface area contributed by atoms with Crippen molar-refractivity contribution in [2.24, 2.45) is 0 Å². The maximum Gasteiger partial charge on any atom is 0.231 e. The number of hydrogen-bond donors (Lipinski definition) is 1. The second-order valence-corrected chi connectivity index (χ2v) is 7.93. The summed E-state index contributed by atoms with van der Waals surface area (Å²) in [4.78, 5) is 12.6. The maximum absolute atomic E-state index is 12.6. The average Bonchev–Trinajstić information content (AvgIpc) is 3.32. The lowest BCUT2D eigenvalue weighted by atomic mass is 10.0. The summed E-state index contributed by atoms with van der Waals surface area (Å²) in [6.07, 6.45) is 3.61. The Kier molecular flexibility index (Phi) is 16.4. The van der Waals surface area contributed by atoms with Crippen LogP contribution in [0.2, 0.25) is 0 Å². The van der Waals surface area contributed by atoms with Crippen LogP contribution in [0.15, 0.2) is 47.1 Å². The third-order valence-corrected chi connectivity index (χ3v) is 5.42. The Morgan fingerprint density at radius 2 is 1.81 bits per heavy atom. The van der Waals surface area contributed by atoms with Crippen LogP contribution in [0, 0.1) is 22.7 Å². The van der Waals surface area contributed by atoms with Crippen LogP contribution in [-0.2, 0) is 4.57 Å². The molecule has 3 aromatic rings. The van der Waals surface area contributed by atoms with Gasteiger partial charge in [0.05, 0.1) is 35.9 Å². The molecule has 0 bridgehead atoms. The molecule has 9 heteroatoms. The molecule has 0 atom stereocenters. The number of aromatic nitrogens is 1. The van der Waals surface area contributed by atoms with Gasteiger partial charge in [-0.05, 0) is 42.5 Å². The van der Waals surface area contributed by atoms with Crippen molar-refractivity contribution >= 4 is 52.8 Å². The fraction of sp³-hybridized carbons (Fsp3) is 0.296. The lowest BCUT2D eigenvalue weighted by Crippen LogP contribution is -2.09. The minimum absolute atomic E-state index is 0.0906. The zero-order valence-electron chi connectivity index (χ0n) is 21.4. The zero-order valence-corrected chi connectivity index (χ0v) is 23.9. The number of nitriles is 2. The van der Waals surface area contributed by atoms with Gasteiger partial charge in [0.2, 0.25) is 5.91 Å². The summed E-state index contributed by atoms with van der Waals surface area (Å²) in [5.41, 5.74) is 2.57. The molecule has 0 aliphatic heterocycles. The fourth-order valence-corrected chi connectivity index (χ4v) is 3.77. The molecule has 1 aromatic heterocycles. The quantitative estimate of drug-likeness (QED) is 0.244. The van der Waals surface area contributed by atoms with Gasteiger partial charge >= 0.3 is 0 Å². The molecule has 36 heavy (non-hydrogen) atoms. The fourth-order valence-electron chi connectivity index (χ4n) is 3.13. The molecule has 1 N–H and O–H groups in total. The van der Waals surface area contributed by atoms with Crippen LogP contribution in [-0.4, -0.2) is 36.0 Å². The number of hydrogen-bond acceptors (Lipinski definition) is 6. The number of benzene rings is 2. The smallest absolute Gasteiger partial charge is 0.231 e. The van der Waals surface area contributed by atoms with Crippen molar-refractivity contribution in [2.75, 3.05) is 20.4 Å². The first kappa shape index (κ1) is 32.7. The van der Waals surface area contributed by atoms with E-state index in [2.05, 4.69) is 28.1 Å². The number of fused-ring (bicyclic) bond motifs is 1. The number of nitrogens with zero attached hydrogens (tertiary/aromatic N) is 3. The van der Waals surface area contributed by atoms with Gasteiger partial charge in [-0.25, -0.2) is 0 Å². The van der Waals surface area contributed by atoms with Gasteiger partial charge in [0.15, 0.2) is 8.46 Å². The first-order valence-electron chi connectivity index (χ1n) is 11.3. The van der Waals surface area contributed by atoms with E-state index in [1.54, 1.807) is 36.5 Å². The molecule has 190 valence electrons. The van der Waals surface area contributed by atoms with Crippen molar-refractivity contribution in [1.82, 2.24) is 4.57 Å². The highest BCUT2D eigenvalue weighted by molar-refractivity contribution is 9.10. The van der Waals surface area contributed by atoms with Gasteiger partial charge in [-0.15, -0.1) is 0 Å². The van der Waals surface area contributed by atoms with Gasteiger partial charge in [-0.2, -0.15) is 10.5 Å². The lowest BCUT2D eigenvalue weighted by molar-refractivity contribution is 0.0915. The molecule has 0 spiro atoms. The second-order valence-electron chi connectivity index (χ2n) is 6.31. The molecule has 0 saturated carbocycles. The van der Waals surface area contributed by atoms with Gasteiger partial charge in [0.25, 0.3) is 0 Å². The van der Waals surface area contributed by atoms with Crippen LogP contribution < -0.4 is 4.74 Å². The molecule has 0 aliphatic carbocycles. The maximum atomic E-state index is 12.6. The number of ether oxygens (including phenoxy) is 1. The summed E-state index contributed by atoms with van der Waals surface area (Å²) in [5.74, 6) is 0.315. The standard InChI is InChI=1S/C22H15BrN3O3P.2C2H6.CH4O/c1-29-21-5-2-14(11-24)8-15(21)9-16(12-25)19-13-26(22(27)6-7-30-28)20-4-3-17(23)10-18(19)20;3*1-2/h2-5,8-10,13H,6-7H2,1H3;2*1-2H3;2H,1H3/b16-9+;;;. The zero-order chi connectivity index (χ0) is 27.7. The van der Waals surface area contributed by atoms with E-state index in [9.17, 15) is 19.9 Å². The highest BCUT2D eigenvalue weighted by Gasteiger charge is 2.17. The molecule has 2 aromatic carbocycles. The number of carbonyl (C=O) groups excluding carboxylic acids is 1. The highest BCUT2D eigenvalue weighted by atomic mass is 79.9. The summed E-state index contributed by atoms with van der Waals surface area (Å²) >= 11 is 3.44. The van der Waals surface area contributed by atoms with Crippen molar-refractivity contribution in [3.05, 3.63) is 63.8 Å². The summed E-state index contributed by atoms with van der Waals surface area (Å²) in [5, 5.41) is 26.8. The molecule has 3 rings (SSSR count). The summed E-state index contributed by atoms with van der Waals surface area (Å²) in [6, 6.07) is 14.7. The van der Waals surface area contributed by atoms with Crippen LogP contribution in [0.1, 0.15) is 55.6 Å². The van der Waals surface area contributed by atoms with Gasteiger partial charge in [0, 0.05) is 46.9 Å². The van der Waals surface area contributed by atoms with Gasteiger partial charge in [0.1, 0.15) is 5.75 Å². The predicted molar refractivity (Wildman–Crippen MR) is 149 cm³/mol. The van der Waals surface area contributed by atoms with Crippen LogP contribution in [0.25, 0.3) is 22.6 Å². The number of carbonyl (C=O) groups is 1. The molecule has 0 unspecified atom stereocenters. The van der Waals surface area contributed by atoms with E-state index < -0.39 is 0 Å². The summed E-state index contributed by atoms with van der Waals surface area (Å²) in [6.45, 7) is 8.00. The lowest BCUT2D eigenvalue weighted by Gasteiger charge is -2.06. The number of aliphatic hydroxyl groups excluding tert-OH is 1. The number of allylic oxidation sites excluding steroid dienone is 1. The summed E-state index contributed by atoms with van der Waals surface area (Å²) in [7, 11) is 2.43. The molecular formula is C27H31BrN3O4P. The van der Waals surface area contributed by atoms with Crippen molar-refractivity contribution in [3.8, 4) is 17.9 Å². The van der Waals surface area contributed by atoms with Crippen LogP contribution in [0.5, 0.6) is 5.75 Å². The van der Waals surface area contributed by atoms with Crippen molar-refractivity contribution < 1.29 is 19.2 Å². The Morgan fingerprint density at radius 3 is 2.36 bits per heavy atom. The topological polar surface area (TPSA) is 116 Å². The summed E-state index contributed by atoms with van der Waals surface area (Å²) < 4.78 is 18.4. The average molecular weight is 572 g/mol. The van der Waals surface area contributed by atoms with Crippen LogP contribution in [0.3, 0.4) is 0 Å². The molecule has 7 nitrogen and oxygen atoms in total. The molecule has 0 amide bonds. The van der Waals surface area contributed by atoms with E-state index in [0.717, 1.165) is 17.0 Å². The SMILES string of the molecule is CC.CC.CO.COc1ccc(C#N)cc1/C=C(\C#N)c1cn(C(=O)CCP=O)c2ccc(Br)cc12. The first-order chi connectivity index (χ1) is 17.5. The molecule has 0 radical (unpaired) electrons. The minimum Gasteiger partial charge on any atom is -0.496 e. The predicted octanol–water partition coefficient (Wildman–Crippen LogP) is 7.33. The number of aliphatic hydroxyl groups is 1. The third kappa shape index (κ3) is 8.43. The van der Waals surface area contributed by atoms with E-state index in [4.69, 9.17) is 9.84 Å². The Balaban J connectivity index is 0.00000190. The largest absolute Gasteiger partial charge is 0.496 e. The Bertz CT molecular complexity index is 1270. The number of rotatable bonds is 6. The second kappa shape index (κ2) is 18.0. The highest BCUT2D eigenvalue weighted by Crippen LogP contribution is 2.32. The van der Waals surface area contributed by atoms with Crippen molar-refractivity contribution in [1.29, 1.82) is 10.5 Å². The van der Waals surface area contributed by atoms with Crippen LogP contribution in [0.4, 0.5) is 0 Å². The van der Waals surface area contributed by atoms with Gasteiger partial charge in [-0.3, -0.25) is 13.9 Å². The monoisotopic (exact) mass is 571 g/mol. The molecule has 1 heterocycles. The van der Waals surface area contributed by atoms with E-state index in [-0.39, 0.29) is 27.0 Å². The molecule has 0 saturated heterocycles. The van der Waals surface area contributed by atoms with Gasteiger partial charge < -0.3 is 9.84 Å². The normalized spacial score (nSPS) is 9.89. The van der Waals surface area contributed by atoms with E-state index in [1.807, 2.05) is 39.8 Å². The van der Waals surface area contributed by atoms with Crippen molar-refractivity contribution in [3.63, 3.8) is 0 Å².